The van der Waals surface area contributed by atoms with E-state index in [0.717, 1.165) is 24.2 Å². The first-order valence-electron chi connectivity index (χ1n) is 7.88. The molecule has 0 saturated heterocycles. The monoisotopic (exact) mass is 309 g/mol. The molecule has 0 bridgehead atoms. The van der Waals surface area contributed by atoms with Gasteiger partial charge in [-0.05, 0) is 42.2 Å². The summed E-state index contributed by atoms with van der Waals surface area (Å²) in [5.74, 6) is 0.740. The Bertz CT molecular complexity index is 632. The van der Waals surface area contributed by atoms with E-state index in [1.165, 1.54) is 5.56 Å². The Hall–Kier alpha value is -2.55. The largest absolute Gasteiger partial charge is 0.497 e. The highest BCUT2D eigenvalue weighted by Crippen LogP contribution is 2.12. The van der Waals surface area contributed by atoms with Crippen molar-refractivity contribution in [1.82, 2.24) is 5.32 Å². The maximum Gasteiger partial charge on any atom is 0.244 e. The second-order valence-corrected chi connectivity index (χ2v) is 5.41. The molecule has 0 spiro atoms. The molecule has 3 heteroatoms. The standard InChI is InChI=1S/C20H23NO2/c1-3-18(15-17-7-5-4-6-8-17)21-20(22)14-11-16-9-12-19(23-2)13-10-16/h4-14,18H,3,15H2,1-2H3,(H,21,22)/b14-11+/t18-/m1/s1. The van der Waals surface area contributed by atoms with Gasteiger partial charge in [0.25, 0.3) is 0 Å². The van der Waals surface area contributed by atoms with Crippen molar-refractivity contribution in [3.63, 3.8) is 0 Å². The molecule has 3 nitrogen and oxygen atoms in total. The number of ether oxygens (including phenoxy) is 1. The van der Waals surface area contributed by atoms with Crippen LogP contribution in [-0.2, 0) is 11.2 Å². The number of amides is 1. The number of methoxy groups -OCH3 is 1. The second-order valence-electron chi connectivity index (χ2n) is 5.41. The maximum absolute atomic E-state index is 12.1. The Balaban J connectivity index is 1.89. The lowest BCUT2D eigenvalue weighted by atomic mass is 10.0. The minimum absolute atomic E-state index is 0.0661. The van der Waals surface area contributed by atoms with Crippen LogP contribution < -0.4 is 10.1 Å². The van der Waals surface area contributed by atoms with Crippen LogP contribution in [0.15, 0.2) is 60.7 Å². The molecule has 120 valence electrons. The van der Waals surface area contributed by atoms with Crippen LogP contribution in [-0.4, -0.2) is 19.1 Å². The molecule has 2 rings (SSSR count). The summed E-state index contributed by atoms with van der Waals surface area (Å²) in [6, 6.07) is 18.0. The highest BCUT2D eigenvalue weighted by atomic mass is 16.5. The Morgan fingerprint density at radius 1 is 1.13 bits per heavy atom. The van der Waals surface area contributed by atoms with E-state index in [0.29, 0.717) is 0 Å². The molecule has 1 atom stereocenters. The van der Waals surface area contributed by atoms with Crippen LogP contribution >= 0.6 is 0 Å². The number of hydrogen-bond donors (Lipinski definition) is 1. The molecule has 1 N–H and O–H groups in total. The third-order valence-electron chi connectivity index (χ3n) is 3.71. The summed E-state index contributed by atoms with van der Waals surface area (Å²) < 4.78 is 5.12. The van der Waals surface area contributed by atoms with E-state index in [1.807, 2.05) is 48.5 Å². The van der Waals surface area contributed by atoms with Crippen LogP contribution in [0, 0.1) is 0 Å². The van der Waals surface area contributed by atoms with E-state index in [-0.39, 0.29) is 11.9 Å². The fourth-order valence-corrected chi connectivity index (χ4v) is 2.33. The summed E-state index contributed by atoms with van der Waals surface area (Å²) in [5, 5.41) is 3.06. The van der Waals surface area contributed by atoms with E-state index in [4.69, 9.17) is 4.74 Å². The number of carbonyl (C=O) groups is 1. The van der Waals surface area contributed by atoms with Gasteiger partial charge in [0.05, 0.1) is 7.11 Å². The minimum Gasteiger partial charge on any atom is -0.497 e. The Morgan fingerprint density at radius 2 is 1.83 bits per heavy atom. The normalized spacial score (nSPS) is 12.1. The van der Waals surface area contributed by atoms with E-state index >= 15 is 0 Å². The van der Waals surface area contributed by atoms with Gasteiger partial charge in [0.2, 0.25) is 5.91 Å². The van der Waals surface area contributed by atoms with Gasteiger partial charge in [-0.25, -0.2) is 0 Å². The van der Waals surface area contributed by atoms with E-state index in [9.17, 15) is 4.79 Å². The first-order chi connectivity index (χ1) is 11.2. The topological polar surface area (TPSA) is 38.3 Å². The van der Waals surface area contributed by atoms with Gasteiger partial charge in [-0.1, -0.05) is 49.4 Å². The van der Waals surface area contributed by atoms with Crippen molar-refractivity contribution in [3.05, 3.63) is 71.8 Å². The fraction of sp³-hybridized carbons (Fsp3) is 0.250. The van der Waals surface area contributed by atoms with Gasteiger partial charge >= 0.3 is 0 Å². The third kappa shape index (κ3) is 5.62. The smallest absolute Gasteiger partial charge is 0.244 e. The van der Waals surface area contributed by atoms with Gasteiger partial charge in [-0.3, -0.25) is 4.79 Å². The van der Waals surface area contributed by atoms with Gasteiger partial charge in [0, 0.05) is 12.1 Å². The lowest BCUT2D eigenvalue weighted by molar-refractivity contribution is -0.117. The Kier molecular flexibility index (Phi) is 6.42. The lowest BCUT2D eigenvalue weighted by Crippen LogP contribution is -2.34. The molecule has 0 heterocycles. The van der Waals surface area contributed by atoms with Gasteiger partial charge < -0.3 is 10.1 Å². The molecule has 0 radical (unpaired) electrons. The molecule has 0 aromatic heterocycles. The number of benzene rings is 2. The summed E-state index contributed by atoms with van der Waals surface area (Å²) in [7, 11) is 1.63. The highest BCUT2D eigenvalue weighted by Gasteiger charge is 2.09. The van der Waals surface area contributed by atoms with Crippen molar-refractivity contribution in [3.8, 4) is 5.75 Å². The van der Waals surface area contributed by atoms with E-state index in [2.05, 4.69) is 24.4 Å². The summed E-state index contributed by atoms with van der Waals surface area (Å²) in [6.07, 6.45) is 5.13. The predicted molar refractivity (Wildman–Crippen MR) is 94.4 cm³/mol. The molecule has 2 aromatic rings. The molecule has 0 aliphatic rings. The molecular weight excluding hydrogens is 286 g/mol. The van der Waals surface area contributed by atoms with Gasteiger partial charge in [-0.2, -0.15) is 0 Å². The first kappa shape index (κ1) is 16.8. The number of hydrogen-bond acceptors (Lipinski definition) is 2. The molecule has 23 heavy (non-hydrogen) atoms. The molecule has 0 unspecified atom stereocenters. The SMILES string of the molecule is CC[C@H](Cc1ccccc1)NC(=O)/C=C/c1ccc(OC)cc1. The van der Waals surface area contributed by atoms with Crippen LogP contribution in [0.2, 0.25) is 0 Å². The van der Waals surface area contributed by atoms with Crippen LogP contribution in [0.1, 0.15) is 24.5 Å². The summed E-state index contributed by atoms with van der Waals surface area (Å²) in [4.78, 5) is 12.1. The molecular formula is C20H23NO2. The zero-order valence-corrected chi connectivity index (χ0v) is 13.7. The average Bonchev–Trinajstić information content (AvgIpc) is 2.60. The number of carbonyl (C=O) groups excluding carboxylic acids is 1. The third-order valence-corrected chi connectivity index (χ3v) is 3.71. The van der Waals surface area contributed by atoms with Gasteiger partial charge in [0.1, 0.15) is 5.75 Å². The van der Waals surface area contributed by atoms with Crippen LogP contribution in [0.3, 0.4) is 0 Å². The lowest BCUT2D eigenvalue weighted by Gasteiger charge is -2.15. The quantitative estimate of drug-likeness (QED) is 0.789. The van der Waals surface area contributed by atoms with Gasteiger partial charge in [0.15, 0.2) is 0 Å². The van der Waals surface area contributed by atoms with Crippen molar-refractivity contribution < 1.29 is 9.53 Å². The molecule has 2 aromatic carbocycles. The van der Waals surface area contributed by atoms with Crippen molar-refractivity contribution >= 4 is 12.0 Å². The van der Waals surface area contributed by atoms with Crippen LogP contribution in [0.4, 0.5) is 0 Å². The van der Waals surface area contributed by atoms with Crippen molar-refractivity contribution in [1.29, 1.82) is 0 Å². The molecule has 0 saturated carbocycles. The molecule has 1 amide bonds. The Labute approximate surface area is 138 Å². The fourth-order valence-electron chi connectivity index (χ4n) is 2.33. The van der Waals surface area contributed by atoms with Crippen molar-refractivity contribution in [2.45, 2.75) is 25.8 Å². The van der Waals surface area contributed by atoms with Crippen LogP contribution in [0.5, 0.6) is 5.75 Å². The summed E-state index contributed by atoms with van der Waals surface area (Å²) in [6.45, 7) is 2.08. The molecule has 0 aliphatic heterocycles. The van der Waals surface area contributed by atoms with Crippen molar-refractivity contribution in [2.75, 3.05) is 7.11 Å². The average molecular weight is 309 g/mol. The second kappa shape index (κ2) is 8.79. The zero-order chi connectivity index (χ0) is 16.5. The maximum atomic E-state index is 12.1. The zero-order valence-electron chi connectivity index (χ0n) is 13.7. The number of nitrogens with one attached hydrogen (secondary N) is 1. The predicted octanol–water partition coefficient (Wildman–Crippen LogP) is 3.85. The summed E-state index contributed by atoms with van der Waals surface area (Å²) in [5.41, 5.74) is 2.20. The molecule has 0 fully saturated rings. The Morgan fingerprint density at radius 3 is 2.43 bits per heavy atom. The highest BCUT2D eigenvalue weighted by molar-refractivity contribution is 5.91. The molecule has 0 aliphatic carbocycles. The van der Waals surface area contributed by atoms with E-state index < -0.39 is 0 Å². The van der Waals surface area contributed by atoms with E-state index in [1.54, 1.807) is 13.2 Å². The van der Waals surface area contributed by atoms with Crippen molar-refractivity contribution in [2.24, 2.45) is 0 Å². The number of rotatable bonds is 7. The van der Waals surface area contributed by atoms with Gasteiger partial charge in [-0.15, -0.1) is 0 Å². The summed E-state index contributed by atoms with van der Waals surface area (Å²) >= 11 is 0. The first-order valence-corrected chi connectivity index (χ1v) is 7.88. The van der Waals surface area contributed by atoms with Crippen LogP contribution in [0.25, 0.3) is 6.08 Å². The minimum atomic E-state index is -0.0661.